The van der Waals surface area contributed by atoms with Crippen LogP contribution >= 0.6 is 11.6 Å². The maximum Gasteiger partial charge on any atom is 1.00 e. The number of nitrogens with zero attached hydrogens (tertiary/aromatic N) is 2. The van der Waals surface area contributed by atoms with Gasteiger partial charge >= 0.3 is 29.6 Å². The van der Waals surface area contributed by atoms with Gasteiger partial charge in [0.15, 0.2) is 0 Å². The fourth-order valence-corrected chi connectivity index (χ4v) is 2.08. The molecule has 0 unspecified atom stereocenters. The number of rotatable bonds is 3. The van der Waals surface area contributed by atoms with Gasteiger partial charge in [-0.1, -0.05) is 11.6 Å². The van der Waals surface area contributed by atoms with Crippen LogP contribution in [0, 0.1) is 20.2 Å². The van der Waals surface area contributed by atoms with Crippen LogP contribution in [-0.4, -0.2) is 22.8 Å². The normalized spacial score (nSPS) is 10.6. The van der Waals surface area contributed by atoms with Gasteiger partial charge in [-0.3, -0.25) is 20.2 Å². The summed E-state index contributed by atoms with van der Waals surface area (Å²) in [6, 6.07) is 1.11. The Bertz CT molecular complexity index is 581. The van der Waals surface area contributed by atoms with E-state index in [1.807, 2.05) is 0 Å². The third-order valence-corrected chi connectivity index (χ3v) is 2.79. The molecule has 1 rings (SSSR count). The second-order valence-electron chi connectivity index (χ2n) is 2.74. The molecule has 0 aromatic heterocycles. The number of benzene rings is 1. The molecule has 1 aromatic carbocycles. The van der Waals surface area contributed by atoms with Crippen molar-refractivity contribution in [3.63, 3.8) is 0 Å². The maximum absolute atomic E-state index is 10.8. The second-order valence-corrected chi connectivity index (χ2v) is 4.49. The molecule has 0 radical (unpaired) electrons. The molecule has 12 heteroatoms. The van der Waals surface area contributed by atoms with Crippen molar-refractivity contribution in [1.29, 1.82) is 0 Å². The molecule has 0 saturated carbocycles. The summed E-state index contributed by atoms with van der Waals surface area (Å²) in [4.78, 5) is 17.1. The van der Waals surface area contributed by atoms with Crippen LogP contribution in [0.15, 0.2) is 17.0 Å². The number of nitro groups is 2. The molecule has 0 aliphatic heterocycles. The minimum atomic E-state index is -5.36. The van der Waals surface area contributed by atoms with Gasteiger partial charge in [0.2, 0.25) is 4.90 Å². The van der Waals surface area contributed by atoms with Crippen LogP contribution < -0.4 is 29.6 Å². The zero-order valence-corrected chi connectivity index (χ0v) is 12.3. The standard InChI is InChI=1S/C6H3ClN2O7S.Na/c7-3-1-4(8(10)11)6(17(14,15)16)5(2-3)9(12)13;/h1-2H,(H,14,15,16);/q;+1/p-1. The Morgan fingerprint density at radius 3 is 1.61 bits per heavy atom. The molecule has 9 nitrogen and oxygen atoms in total. The number of hydrogen-bond donors (Lipinski definition) is 0. The minimum Gasteiger partial charge on any atom is -0.744 e. The summed E-state index contributed by atoms with van der Waals surface area (Å²) in [6.07, 6.45) is 0. The number of nitro benzene ring substituents is 2. The summed E-state index contributed by atoms with van der Waals surface area (Å²) < 4.78 is 32.4. The van der Waals surface area contributed by atoms with E-state index in [1.165, 1.54) is 0 Å². The van der Waals surface area contributed by atoms with E-state index in [0.29, 0.717) is 12.1 Å². The quantitative estimate of drug-likeness (QED) is 0.273. The fourth-order valence-electron chi connectivity index (χ4n) is 1.09. The van der Waals surface area contributed by atoms with Crippen LogP contribution in [0.1, 0.15) is 0 Å². The molecular formula is C6H2ClN2NaO7S. The van der Waals surface area contributed by atoms with Crippen molar-refractivity contribution in [2.75, 3.05) is 0 Å². The summed E-state index contributed by atoms with van der Waals surface area (Å²) in [5.41, 5.74) is -2.45. The van der Waals surface area contributed by atoms with E-state index < -0.39 is 41.3 Å². The molecule has 0 saturated heterocycles. The molecule has 92 valence electrons. The largest absolute Gasteiger partial charge is 1.00 e. The van der Waals surface area contributed by atoms with Crippen molar-refractivity contribution >= 4 is 33.1 Å². The smallest absolute Gasteiger partial charge is 0.744 e. The SMILES string of the molecule is O=[N+]([O-])c1cc(Cl)cc([N+](=O)[O-])c1S(=O)(=O)[O-].[Na+]. The molecule has 0 fully saturated rings. The maximum atomic E-state index is 10.8. The molecule has 0 bridgehead atoms. The monoisotopic (exact) mass is 304 g/mol. The first-order chi connectivity index (χ1) is 7.64. The molecule has 1 aromatic rings. The Hall–Kier alpha value is -0.780. The van der Waals surface area contributed by atoms with E-state index in [4.69, 9.17) is 11.6 Å². The van der Waals surface area contributed by atoms with Gasteiger partial charge in [-0.25, -0.2) is 8.42 Å². The van der Waals surface area contributed by atoms with Crippen molar-refractivity contribution in [3.05, 3.63) is 37.4 Å². The summed E-state index contributed by atoms with van der Waals surface area (Å²) in [7, 11) is -5.36. The van der Waals surface area contributed by atoms with E-state index in [9.17, 15) is 33.2 Å². The Kier molecular flexibility index (Phi) is 5.65. The van der Waals surface area contributed by atoms with Crippen molar-refractivity contribution < 1.29 is 52.4 Å². The molecule has 0 amide bonds. The van der Waals surface area contributed by atoms with Gasteiger partial charge in [0.25, 0.3) is 11.4 Å². The Morgan fingerprint density at radius 2 is 1.39 bits per heavy atom. The van der Waals surface area contributed by atoms with Crippen LogP contribution in [0.2, 0.25) is 5.02 Å². The van der Waals surface area contributed by atoms with Crippen LogP contribution in [0.5, 0.6) is 0 Å². The Labute approximate surface area is 127 Å². The molecule has 0 heterocycles. The predicted octanol–water partition coefficient (Wildman–Crippen LogP) is -1.94. The zero-order valence-electron chi connectivity index (χ0n) is 8.69. The van der Waals surface area contributed by atoms with Crippen LogP contribution in [0.25, 0.3) is 0 Å². The third-order valence-electron chi connectivity index (χ3n) is 1.66. The minimum absolute atomic E-state index is 0. The van der Waals surface area contributed by atoms with Gasteiger partial charge in [0.05, 0.1) is 14.9 Å². The summed E-state index contributed by atoms with van der Waals surface area (Å²) in [5.74, 6) is 0. The first kappa shape index (κ1) is 17.2. The third kappa shape index (κ3) is 3.60. The number of halogens is 1. The van der Waals surface area contributed by atoms with Crippen molar-refractivity contribution in [2.45, 2.75) is 4.90 Å². The molecule has 0 aliphatic carbocycles. The Balaban J connectivity index is 0.00000289. The summed E-state index contributed by atoms with van der Waals surface area (Å²) in [5, 5.41) is 20.6. The molecular weight excluding hydrogens is 303 g/mol. The predicted molar refractivity (Wildman–Crippen MR) is 52.7 cm³/mol. The first-order valence-corrected chi connectivity index (χ1v) is 5.51. The van der Waals surface area contributed by atoms with Crippen LogP contribution in [0.4, 0.5) is 11.4 Å². The van der Waals surface area contributed by atoms with Gasteiger partial charge in [-0.2, -0.15) is 0 Å². The van der Waals surface area contributed by atoms with E-state index in [2.05, 4.69) is 0 Å². The number of hydrogen-bond acceptors (Lipinski definition) is 7. The fraction of sp³-hybridized carbons (Fsp3) is 0. The van der Waals surface area contributed by atoms with Crippen molar-refractivity contribution in [2.24, 2.45) is 0 Å². The van der Waals surface area contributed by atoms with Gasteiger partial charge in [-0.05, 0) is 0 Å². The van der Waals surface area contributed by atoms with Gasteiger partial charge < -0.3 is 4.55 Å². The molecule has 0 spiro atoms. The molecule has 0 N–H and O–H groups in total. The van der Waals surface area contributed by atoms with E-state index in [-0.39, 0.29) is 29.6 Å². The van der Waals surface area contributed by atoms with Gasteiger partial charge in [0, 0.05) is 12.1 Å². The first-order valence-electron chi connectivity index (χ1n) is 3.73. The zero-order chi connectivity index (χ0) is 13.4. The average Bonchev–Trinajstić information content (AvgIpc) is 2.14. The van der Waals surface area contributed by atoms with Crippen LogP contribution in [-0.2, 0) is 10.1 Å². The Morgan fingerprint density at radius 1 is 1.06 bits per heavy atom. The van der Waals surface area contributed by atoms with E-state index in [1.54, 1.807) is 0 Å². The molecule has 0 aliphatic rings. The van der Waals surface area contributed by atoms with Gasteiger partial charge in [0.1, 0.15) is 10.1 Å². The topological polar surface area (TPSA) is 143 Å². The average molecular weight is 305 g/mol. The summed E-state index contributed by atoms with van der Waals surface area (Å²) >= 11 is 5.35. The van der Waals surface area contributed by atoms with Crippen molar-refractivity contribution in [3.8, 4) is 0 Å². The molecule has 18 heavy (non-hydrogen) atoms. The van der Waals surface area contributed by atoms with Crippen molar-refractivity contribution in [1.82, 2.24) is 0 Å². The van der Waals surface area contributed by atoms with E-state index >= 15 is 0 Å². The molecule has 0 atom stereocenters. The van der Waals surface area contributed by atoms with E-state index in [0.717, 1.165) is 0 Å². The van der Waals surface area contributed by atoms with Gasteiger partial charge in [-0.15, -0.1) is 0 Å². The second kappa shape index (κ2) is 5.91. The van der Waals surface area contributed by atoms with Crippen LogP contribution in [0.3, 0.4) is 0 Å². The summed E-state index contributed by atoms with van der Waals surface area (Å²) in [6.45, 7) is 0.